The first-order valence-corrected chi connectivity index (χ1v) is 7.12. The highest BCUT2D eigenvalue weighted by Gasteiger charge is 2.25. The Hall–Kier alpha value is -2.11. The van der Waals surface area contributed by atoms with Crippen LogP contribution in [0, 0.1) is 22.0 Å². The fraction of sp³-hybridized carbons (Fsp3) is 0.333. The van der Waals surface area contributed by atoms with Gasteiger partial charge in [0.1, 0.15) is 5.75 Å². The van der Waals surface area contributed by atoms with E-state index >= 15 is 0 Å². The summed E-state index contributed by atoms with van der Waals surface area (Å²) in [5, 5.41) is 10.9. The molecule has 0 fully saturated rings. The summed E-state index contributed by atoms with van der Waals surface area (Å²) in [6, 6.07) is 3.57. The second kappa shape index (κ2) is 6.88. The third kappa shape index (κ3) is 3.94. The van der Waals surface area contributed by atoms with Crippen molar-refractivity contribution in [2.45, 2.75) is 18.2 Å². The maximum atomic E-state index is 12.0. The minimum atomic E-state index is -3.96. The third-order valence-electron chi connectivity index (χ3n) is 2.37. The third-order valence-corrected chi connectivity index (χ3v) is 3.88. The van der Waals surface area contributed by atoms with Crippen LogP contribution in [0.15, 0.2) is 23.1 Å². The van der Waals surface area contributed by atoms with E-state index in [0.717, 1.165) is 12.1 Å². The van der Waals surface area contributed by atoms with E-state index in [9.17, 15) is 18.5 Å². The molecule has 0 amide bonds. The van der Waals surface area contributed by atoms with Crippen LogP contribution in [0.3, 0.4) is 0 Å². The summed E-state index contributed by atoms with van der Waals surface area (Å²) in [5.41, 5.74) is -0.529. The molecule has 0 aromatic heterocycles. The molecule has 1 N–H and O–H groups in total. The van der Waals surface area contributed by atoms with Gasteiger partial charge in [-0.1, -0.05) is 0 Å². The standard InChI is InChI=1S/C12H14N2O5S/c1-3-4-5-8-13-20(17,18)12-7-6-10(19-2)9-11(12)14(15)16/h6-7,9,13H,5,8H2,1-2H3. The highest BCUT2D eigenvalue weighted by Crippen LogP contribution is 2.28. The molecule has 0 atom stereocenters. The predicted octanol–water partition coefficient (Wildman–Crippen LogP) is 1.30. The molecule has 20 heavy (non-hydrogen) atoms. The van der Waals surface area contributed by atoms with Crippen LogP contribution >= 0.6 is 0 Å². The zero-order valence-electron chi connectivity index (χ0n) is 11.0. The average Bonchev–Trinajstić information content (AvgIpc) is 2.42. The number of nitro benzene ring substituents is 1. The predicted molar refractivity (Wildman–Crippen MR) is 72.9 cm³/mol. The fourth-order valence-electron chi connectivity index (χ4n) is 1.44. The summed E-state index contributed by atoms with van der Waals surface area (Å²) in [7, 11) is -2.61. The first-order chi connectivity index (χ1) is 9.42. The van der Waals surface area contributed by atoms with E-state index in [1.807, 2.05) is 0 Å². The lowest BCUT2D eigenvalue weighted by Gasteiger charge is -2.07. The molecule has 7 nitrogen and oxygen atoms in total. The lowest BCUT2D eigenvalue weighted by molar-refractivity contribution is -0.387. The number of nitrogens with zero attached hydrogens (tertiary/aromatic N) is 1. The molecular weight excluding hydrogens is 284 g/mol. The lowest BCUT2D eigenvalue weighted by Crippen LogP contribution is -2.25. The van der Waals surface area contributed by atoms with Gasteiger partial charge in [-0.15, -0.1) is 11.8 Å². The maximum Gasteiger partial charge on any atom is 0.293 e. The minimum Gasteiger partial charge on any atom is -0.497 e. The van der Waals surface area contributed by atoms with Crippen molar-refractivity contribution in [1.82, 2.24) is 4.72 Å². The van der Waals surface area contributed by atoms with Gasteiger partial charge in [-0.25, -0.2) is 13.1 Å². The topological polar surface area (TPSA) is 98.5 Å². The van der Waals surface area contributed by atoms with Gasteiger partial charge in [-0.05, 0) is 19.1 Å². The summed E-state index contributed by atoms with van der Waals surface area (Å²) in [6.07, 6.45) is 0.333. The quantitative estimate of drug-likeness (QED) is 0.369. The molecule has 0 spiro atoms. The van der Waals surface area contributed by atoms with Crippen molar-refractivity contribution in [3.8, 4) is 17.6 Å². The Bertz CT molecular complexity index is 658. The molecule has 0 radical (unpaired) electrons. The lowest BCUT2D eigenvalue weighted by atomic mass is 10.3. The molecule has 0 aliphatic heterocycles. The smallest absolute Gasteiger partial charge is 0.293 e. The number of hydrogen-bond donors (Lipinski definition) is 1. The Morgan fingerprint density at radius 3 is 2.70 bits per heavy atom. The largest absolute Gasteiger partial charge is 0.497 e. The summed E-state index contributed by atoms with van der Waals surface area (Å²) >= 11 is 0. The molecular formula is C12H14N2O5S. The van der Waals surface area contributed by atoms with Crippen LogP contribution < -0.4 is 9.46 Å². The van der Waals surface area contributed by atoms with Crippen molar-refractivity contribution < 1.29 is 18.1 Å². The number of methoxy groups -OCH3 is 1. The van der Waals surface area contributed by atoms with Gasteiger partial charge in [0.25, 0.3) is 5.69 Å². The van der Waals surface area contributed by atoms with Crippen LogP contribution in [-0.2, 0) is 10.0 Å². The van der Waals surface area contributed by atoms with Gasteiger partial charge in [-0.2, -0.15) is 0 Å². The van der Waals surface area contributed by atoms with Gasteiger partial charge in [0.2, 0.25) is 10.0 Å². The average molecular weight is 298 g/mol. The summed E-state index contributed by atoms with van der Waals surface area (Å²) in [5.74, 6) is 5.54. The second-order valence-electron chi connectivity index (χ2n) is 3.67. The number of nitrogens with one attached hydrogen (secondary N) is 1. The van der Waals surface area contributed by atoms with Gasteiger partial charge < -0.3 is 4.74 Å². The van der Waals surface area contributed by atoms with Crippen molar-refractivity contribution in [2.75, 3.05) is 13.7 Å². The van der Waals surface area contributed by atoms with E-state index in [1.54, 1.807) is 6.92 Å². The Morgan fingerprint density at radius 2 is 2.15 bits per heavy atom. The highest BCUT2D eigenvalue weighted by atomic mass is 32.2. The number of rotatable bonds is 6. The van der Waals surface area contributed by atoms with Crippen molar-refractivity contribution >= 4 is 15.7 Å². The van der Waals surface area contributed by atoms with Crippen LogP contribution in [0.5, 0.6) is 5.75 Å². The summed E-state index contributed by atoms with van der Waals surface area (Å²) < 4.78 is 31.1. The molecule has 108 valence electrons. The van der Waals surface area contributed by atoms with Gasteiger partial charge in [0.15, 0.2) is 4.90 Å². The zero-order chi connectivity index (χ0) is 15.2. The first kappa shape index (κ1) is 15.9. The molecule has 8 heteroatoms. The number of sulfonamides is 1. The Morgan fingerprint density at radius 1 is 1.45 bits per heavy atom. The number of benzene rings is 1. The molecule has 0 unspecified atom stereocenters. The molecule has 0 aliphatic rings. The maximum absolute atomic E-state index is 12.0. The molecule has 1 aromatic rings. The van der Waals surface area contributed by atoms with E-state index < -0.39 is 25.5 Å². The Kier molecular flexibility index (Phi) is 5.49. The Labute approximate surface area is 117 Å². The van der Waals surface area contributed by atoms with Crippen molar-refractivity contribution in [1.29, 1.82) is 0 Å². The van der Waals surface area contributed by atoms with Gasteiger partial charge >= 0.3 is 0 Å². The molecule has 0 heterocycles. The number of hydrogen-bond acceptors (Lipinski definition) is 5. The van der Waals surface area contributed by atoms with E-state index in [4.69, 9.17) is 4.74 Å². The molecule has 1 rings (SSSR count). The van der Waals surface area contributed by atoms with Gasteiger partial charge in [0, 0.05) is 13.0 Å². The molecule has 0 saturated heterocycles. The monoisotopic (exact) mass is 298 g/mol. The Balaban J connectivity index is 3.09. The summed E-state index contributed by atoms with van der Waals surface area (Å²) in [4.78, 5) is 9.79. The SMILES string of the molecule is CC#CCCNS(=O)(=O)c1ccc(OC)cc1[N+](=O)[O-]. The van der Waals surface area contributed by atoms with E-state index in [2.05, 4.69) is 16.6 Å². The summed E-state index contributed by atoms with van der Waals surface area (Å²) in [6.45, 7) is 1.73. The number of nitro groups is 1. The van der Waals surface area contributed by atoms with Crippen molar-refractivity contribution in [2.24, 2.45) is 0 Å². The molecule has 0 saturated carbocycles. The van der Waals surface area contributed by atoms with Crippen molar-refractivity contribution in [3.05, 3.63) is 28.3 Å². The van der Waals surface area contributed by atoms with E-state index in [0.29, 0.717) is 6.42 Å². The van der Waals surface area contributed by atoms with Crippen LogP contribution in [0.25, 0.3) is 0 Å². The second-order valence-corrected chi connectivity index (χ2v) is 5.40. The van der Waals surface area contributed by atoms with Crippen molar-refractivity contribution in [3.63, 3.8) is 0 Å². The van der Waals surface area contributed by atoms with E-state index in [-0.39, 0.29) is 12.3 Å². The highest BCUT2D eigenvalue weighted by molar-refractivity contribution is 7.89. The minimum absolute atomic E-state index is 0.0896. The molecule has 1 aromatic carbocycles. The van der Waals surface area contributed by atoms with Gasteiger partial charge in [0.05, 0.1) is 18.1 Å². The molecule has 0 aliphatic carbocycles. The number of ether oxygens (including phenoxy) is 1. The van der Waals surface area contributed by atoms with E-state index in [1.165, 1.54) is 13.2 Å². The normalized spacial score (nSPS) is 10.5. The fourth-order valence-corrected chi connectivity index (χ4v) is 2.63. The van der Waals surface area contributed by atoms with Gasteiger partial charge in [-0.3, -0.25) is 10.1 Å². The van der Waals surface area contributed by atoms with Crippen LogP contribution in [0.2, 0.25) is 0 Å². The van der Waals surface area contributed by atoms with Crippen LogP contribution in [0.4, 0.5) is 5.69 Å². The molecule has 0 bridgehead atoms. The van der Waals surface area contributed by atoms with Crippen LogP contribution in [0.1, 0.15) is 13.3 Å². The zero-order valence-corrected chi connectivity index (χ0v) is 11.9. The first-order valence-electron chi connectivity index (χ1n) is 5.64. The van der Waals surface area contributed by atoms with Crippen LogP contribution in [-0.4, -0.2) is 27.0 Å².